The Morgan fingerprint density at radius 3 is 1.31 bits per heavy atom. The summed E-state index contributed by atoms with van der Waals surface area (Å²) >= 11 is 0. The molecule has 0 saturated carbocycles. The Kier molecular flexibility index (Phi) is 20.1. The van der Waals surface area contributed by atoms with Crippen molar-refractivity contribution in [2.75, 3.05) is 0 Å². The molecular formula is C30H59N2+. The maximum Gasteiger partial charge on any atom is 0.253 e. The molecule has 0 radical (unpaired) electrons. The summed E-state index contributed by atoms with van der Waals surface area (Å²) in [6.07, 6.45) is 36.2. The van der Waals surface area contributed by atoms with Crippen molar-refractivity contribution in [2.45, 2.75) is 175 Å². The number of aryl methyl sites for hydroxylation is 2. The topological polar surface area (TPSA) is 8.81 Å². The first kappa shape index (κ1) is 29.2. The highest BCUT2D eigenvalue weighted by Crippen LogP contribution is 2.14. The van der Waals surface area contributed by atoms with E-state index in [0.717, 1.165) is 0 Å². The lowest BCUT2D eigenvalue weighted by Crippen LogP contribution is -2.35. The van der Waals surface area contributed by atoms with Crippen LogP contribution in [0.1, 0.15) is 161 Å². The Labute approximate surface area is 202 Å². The number of nitrogens with zero attached hydrogens (tertiary/aromatic N) is 2. The van der Waals surface area contributed by atoms with Gasteiger partial charge in [-0.05, 0) is 19.3 Å². The normalized spacial score (nSPS) is 11.5. The van der Waals surface area contributed by atoms with Gasteiger partial charge in [0.1, 0.15) is 12.4 Å². The lowest BCUT2D eigenvalue weighted by molar-refractivity contribution is -0.702. The van der Waals surface area contributed by atoms with Crippen molar-refractivity contribution in [3.8, 4) is 0 Å². The van der Waals surface area contributed by atoms with Gasteiger partial charge in [0.2, 0.25) is 0 Å². The Morgan fingerprint density at radius 2 is 0.906 bits per heavy atom. The van der Waals surface area contributed by atoms with Gasteiger partial charge in [0.25, 0.3) is 5.82 Å². The molecule has 0 spiro atoms. The average Bonchev–Trinajstić information content (AvgIpc) is 3.15. The van der Waals surface area contributed by atoms with Crippen molar-refractivity contribution in [1.29, 1.82) is 0 Å². The molecular weight excluding hydrogens is 388 g/mol. The summed E-state index contributed by atoms with van der Waals surface area (Å²) in [5, 5.41) is 0. The predicted octanol–water partition coefficient (Wildman–Crippen LogP) is 9.71. The van der Waals surface area contributed by atoms with Crippen molar-refractivity contribution >= 4 is 0 Å². The highest BCUT2D eigenvalue weighted by molar-refractivity contribution is 4.79. The summed E-state index contributed by atoms with van der Waals surface area (Å²) in [4.78, 5) is 0. The Morgan fingerprint density at radius 1 is 0.531 bits per heavy atom. The fraction of sp³-hybridized carbons (Fsp3) is 0.900. The van der Waals surface area contributed by atoms with Crippen LogP contribution in [-0.2, 0) is 13.1 Å². The second-order valence-corrected chi connectivity index (χ2v) is 10.3. The fourth-order valence-corrected chi connectivity index (χ4v) is 4.88. The van der Waals surface area contributed by atoms with Crippen molar-refractivity contribution < 1.29 is 4.57 Å². The van der Waals surface area contributed by atoms with Gasteiger partial charge in [0.15, 0.2) is 0 Å². The average molecular weight is 448 g/mol. The van der Waals surface area contributed by atoms with E-state index in [4.69, 9.17) is 0 Å². The van der Waals surface area contributed by atoms with E-state index in [2.05, 4.69) is 42.3 Å². The second-order valence-electron chi connectivity index (χ2n) is 10.3. The molecule has 0 amide bonds. The van der Waals surface area contributed by atoms with Crippen LogP contribution in [-0.4, -0.2) is 4.57 Å². The Bertz CT molecular complexity index is 505. The van der Waals surface area contributed by atoms with E-state index >= 15 is 0 Å². The third kappa shape index (κ3) is 15.9. The lowest BCUT2D eigenvalue weighted by atomic mass is 10.0. The Balaban J connectivity index is 1.77. The highest BCUT2D eigenvalue weighted by atomic mass is 15.1. The van der Waals surface area contributed by atoms with E-state index in [0.29, 0.717) is 0 Å². The zero-order chi connectivity index (χ0) is 23.1. The maximum absolute atomic E-state index is 2.45. The SMILES string of the molecule is CCCCCCCCCCCCCCCCCCCCCC[n+]1ccn(CCCC)c1C. The molecule has 1 aromatic rings. The van der Waals surface area contributed by atoms with E-state index in [9.17, 15) is 0 Å². The largest absolute Gasteiger partial charge is 0.253 e. The van der Waals surface area contributed by atoms with Crippen LogP contribution >= 0.6 is 0 Å². The van der Waals surface area contributed by atoms with Gasteiger partial charge in [-0.15, -0.1) is 0 Å². The molecule has 1 rings (SSSR count). The molecule has 1 aromatic heterocycles. The molecule has 0 aromatic carbocycles. The van der Waals surface area contributed by atoms with E-state index < -0.39 is 0 Å². The summed E-state index contributed by atoms with van der Waals surface area (Å²) in [6, 6.07) is 0. The maximum atomic E-state index is 2.45. The molecule has 188 valence electrons. The number of aromatic nitrogens is 2. The van der Waals surface area contributed by atoms with E-state index in [1.807, 2.05) is 0 Å². The predicted molar refractivity (Wildman–Crippen MR) is 142 cm³/mol. The number of imidazole rings is 1. The van der Waals surface area contributed by atoms with Crippen LogP contribution in [0.3, 0.4) is 0 Å². The van der Waals surface area contributed by atoms with Crippen LogP contribution in [0.25, 0.3) is 0 Å². The van der Waals surface area contributed by atoms with Crippen molar-refractivity contribution in [3.05, 3.63) is 18.2 Å². The molecule has 0 aliphatic rings. The fourth-order valence-electron chi connectivity index (χ4n) is 4.88. The molecule has 2 nitrogen and oxygen atoms in total. The quantitative estimate of drug-likeness (QED) is 0.110. The summed E-state index contributed by atoms with van der Waals surface area (Å²) < 4.78 is 4.87. The van der Waals surface area contributed by atoms with Crippen LogP contribution in [0.15, 0.2) is 12.4 Å². The van der Waals surface area contributed by atoms with E-state index in [-0.39, 0.29) is 0 Å². The monoisotopic (exact) mass is 447 g/mol. The lowest BCUT2D eigenvalue weighted by Gasteiger charge is -2.04. The minimum Gasteiger partial charge on any atom is -0.234 e. The third-order valence-corrected chi connectivity index (χ3v) is 7.26. The summed E-state index contributed by atoms with van der Waals surface area (Å²) in [5.41, 5.74) is 0. The van der Waals surface area contributed by atoms with E-state index in [1.54, 1.807) is 0 Å². The highest BCUT2D eigenvalue weighted by Gasteiger charge is 2.10. The summed E-state index contributed by atoms with van der Waals surface area (Å²) in [7, 11) is 0. The summed E-state index contributed by atoms with van der Waals surface area (Å²) in [5.74, 6) is 1.43. The minimum absolute atomic E-state index is 1.18. The van der Waals surface area contributed by atoms with Crippen molar-refractivity contribution in [3.63, 3.8) is 0 Å². The van der Waals surface area contributed by atoms with Gasteiger partial charge in [-0.25, -0.2) is 9.13 Å². The van der Waals surface area contributed by atoms with Crippen molar-refractivity contribution in [2.24, 2.45) is 0 Å². The van der Waals surface area contributed by atoms with Crippen molar-refractivity contribution in [1.82, 2.24) is 4.57 Å². The number of hydrogen-bond donors (Lipinski definition) is 0. The standard InChI is InChI=1S/C30H59N2/c1-4-6-8-9-10-11-12-13-14-15-16-17-18-19-20-21-22-23-24-25-27-32-29-28-31(30(32)3)26-7-5-2/h28-29H,4-27H2,1-3H3/q+1. The van der Waals surface area contributed by atoms with Gasteiger partial charge in [0, 0.05) is 6.92 Å². The number of rotatable bonds is 24. The third-order valence-electron chi connectivity index (χ3n) is 7.26. The molecule has 0 saturated heterocycles. The first-order valence-electron chi connectivity index (χ1n) is 14.8. The van der Waals surface area contributed by atoms with Gasteiger partial charge in [0.05, 0.1) is 13.1 Å². The van der Waals surface area contributed by atoms with Gasteiger partial charge < -0.3 is 0 Å². The van der Waals surface area contributed by atoms with Crippen LogP contribution in [0.4, 0.5) is 0 Å². The number of hydrogen-bond acceptors (Lipinski definition) is 0. The van der Waals surface area contributed by atoms with Crippen LogP contribution in [0.2, 0.25) is 0 Å². The summed E-state index contributed by atoms with van der Waals surface area (Å²) in [6.45, 7) is 9.22. The molecule has 0 aliphatic heterocycles. The Hall–Kier alpha value is -0.790. The molecule has 0 unspecified atom stereocenters. The molecule has 0 bridgehead atoms. The molecule has 32 heavy (non-hydrogen) atoms. The van der Waals surface area contributed by atoms with E-state index in [1.165, 1.54) is 160 Å². The van der Waals surface area contributed by atoms with Gasteiger partial charge in [-0.3, -0.25) is 0 Å². The first-order chi connectivity index (χ1) is 15.8. The van der Waals surface area contributed by atoms with Gasteiger partial charge >= 0.3 is 0 Å². The smallest absolute Gasteiger partial charge is 0.234 e. The zero-order valence-corrected chi connectivity index (χ0v) is 22.5. The molecule has 0 aliphatic carbocycles. The van der Waals surface area contributed by atoms with Crippen LogP contribution < -0.4 is 4.57 Å². The van der Waals surface area contributed by atoms with Crippen LogP contribution in [0.5, 0.6) is 0 Å². The van der Waals surface area contributed by atoms with Gasteiger partial charge in [-0.1, -0.05) is 136 Å². The second kappa shape index (κ2) is 22.0. The molecule has 1 heterocycles. The molecule has 0 fully saturated rings. The molecule has 0 atom stereocenters. The number of unbranched alkanes of at least 4 members (excludes halogenated alkanes) is 20. The molecule has 2 heteroatoms. The molecule has 0 N–H and O–H groups in total. The minimum atomic E-state index is 1.18. The first-order valence-corrected chi connectivity index (χ1v) is 14.8. The van der Waals surface area contributed by atoms with Gasteiger partial charge in [-0.2, -0.15) is 0 Å². The zero-order valence-electron chi connectivity index (χ0n) is 22.5. The van der Waals surface area contributed by atoms with Crippen LogP contribution in [0, 0.1) is 6.92 Å².